The molecule has 4 heteroatoms. The SMILES string of the molecule is CCCCCCC/C=C\C/C=C\C/C=C\CCCCCCCCC(=O)NC(CO)C(O)/C=C/CCCCCCCCCC. The van der Waals surface area contributed by atoms with Gasteiger partial charge in [0, 0.05) is 6.42 Å². The van der Waals surface area contributed by atoms with Crippen LogP contribution in [0, 0.1) is 0 Å². The Morgan fingerprint density at radius 3 is 1.42 bits per heavy atom. The van der Waals surface area contributed by atoms with Crippen molar-refractivity contribution in [3.63, 3.8) is 0 Å². The van der Waals surface area contributed by atoms with Crippen LogP contribution in [0.15, 0.2) is 48.6 Å². The van der Waals surface area contributed by atoms with Crippen LogP contribution in [0.5, 0.6) is 0 Å². The van der Waals surface area contributed by atoms with E-state index in [1.165, 1.54) is 103 Å². The second-order valence-corrected chi connectivity index (χ2v) is 12.3. The Bertz CT molecular complexity index is 697. The zero-order valence-electron chi connectivity index (χ0n) is 28.5. The highest BCUT2D eigenvalue weighted by Crippen LogP contribution is 2.12. The molecule has 1 amide bonds. The second kappa shape index (κ2) is 34.8. The predicted molar refractivity (Wildman–Crippen MR) is 188 cm³/mol. The minimum atomic E-state index is -0.843. The molecule has 2 atom stereocenters. The highest BCUT2D eigenvalue weighted by Gasteiger charge is 2.17. The Morgan fingerprint density at radius 2 is 0.953 bits per heavy atom. The summed E-state index contributed by atoms with van der Waals surface area (Å²) in [4.78, 5) is 12.3. The number of aliphatic hydroxyl groups excluding tert-OH is 2. The van der Waals surface area contributed by atoms with Crippen LogP contribution in [0.4, 0.5) is 0 Å². The molecule has 0 spiro atoms. The summed E-state index contributed by atoms with van der Waals surface area (Å²) in [7, 11) is 0. The number of unbranched alkanes of at least 4 members (excludes halogenated alkanes) is 19. The van der Waals surface area contributed by atoms with Gasteiger partial charge in [-0.2, -0.15) is 0 Å². The van der Waals surface area contributed by atoms with Crippen molar-refractivity contribution in [2.45, 2.75) is 187 Å². The van der Waals surface area contributed by atoms with Crippen molar-refractivity contribution in [3.8, 4) is 0 Å². The molecule has 43 heavy (non-hydrogen) atoms. The number of hydrogen-bond donors (Lipinski definition) is 3. The maximum absolute atomic E-state index is 12.3. The minimum absolute atomic E-state index is 0.0809. The van der Waals surface area contributed by atoms with Gasteiger partial charge in [0.1, 0.15) is 0 Å². The summed E-state index contributed by atoms with van der Waals surface area (Å²) in [5, 5.41) is 22.8. The minimum Gasteiger partial charge on any atom is -0.394 e. The molecule has 0 bridgehead atoms. The molecule has 0 aromatic heterocycles. The average molecular weight is 602 g/mol. The molecule has 4 nitrogen and oxygen atoms in total. The fourth-order valence-electron chi connectivity index (χ4n) is 5.18. The Morgan fingerprint density at radius 1 is 0.558 bits per heavy atom. The molecule has 0 aliphatic carbocycles. The molecule has 0 aromatic carbocycles. The number of aliphatic hydroxyl groups is 2. The van der Waals surface area contributed by atoms with Gasteiger partial charge in [0.2, 0.25) is 5.91 Å². The molecule has 0 aliphatic rings. The van der Waals surface area contributed by atoms with E-state index in [4.69, 9.17) is 0 Å². The summed E-state index contributed by atoms with van der Waals surface area (Å²) in [6.07, 6.45) is 46.2. The second-order valence-electron chi connectivity index (χ2n) is 12.3. The van der Waals surface area contributed by atoms with Crippen molar-refractivity contribution >= 4 is 5.91 Å². The summed E-state index contributed by atoms with van der Waals surface area (Å²) in [5.41, 5.74) is 0. The maximum Gasteiger partial charge on any atom is 0.220 e. The van der Waals surface area contributed by atoms with E-state index in [9.17, 15) is 15.0 Å². The molecule has 250 valence electrons. The molecule has 0 heterocycles. The van der Waals surface area contributed by atoms with Crippen molar-refractivity contribution in [2.24, 2.45) is 0 Å². The monoisotopic (exact) mass is 602 g/mol. The average Bonchev–Trinajstić information content (AvgIpc) is 3.01. The smallest absolute Gasteiger partial charge is 0.220 e. The lowest BCUT2D eigenvalue weighted by molar-refractivity contribution is -0.123. The van der Waals surface area contributed by atoms with Crippen LogP contribution in [-0.2, 0) is 4.79 Å². The van der Waals surface area contributed by atoms with E-state index in [1.807, 2.05) is 6.08 Å². The van der Waals surface area contributed by atoms with Gasteiger partial charge in [-0.1, -0.05) is 159 Å². The Kier molecular flexibility index (Phi) is 33.5. The largest absolute Gasteiger partial charge is 0.394 e. The van der Waals surface area contributed by atoms with E-state index >= 15 is 0 Å². The van der Waals surface area contributed by atoms with Gasteiger partial charge in [-0.3, -0.25) is 4.79 Å². The van der Waals surface area contributed by atoms with Gasteiger partial charge < -0.3 is 15.5 Å². The Hall–Kier alpha value is -1.65. The van der Waals surface area contributed by atoms with Crippen molar-refractivity contribution in [2.75, 3.05) is 6.61 Å². The van der Waals surface area contributed by atoms with E-state index in [0.29, 0.717) is 6.42 Å². The topological polar surface area (TPSA) is 69.6 Å². The number of hydrogen-bond acceptors (Lipinski definition) is 3. The first-order valence-corrected chi connectivity index (χ1v) is 18.4. The van der Waals surface area contributed by atoms with E-state index in [-0.39, 0.29) is 12.5 Å². The van der Waals surface area contributed by atoms with Gasteiger partial charge in [0.15, 0.2) is 0 Å². The zero-order chi connectivity index (χ0) is 31.5. The van der Waals surface area contributed by atoms with Crippen molar-refractivity contribution in [1.82, 2.24) is 5.32 Å². The van der Waals surface area contributed by atoms with Crippen LogP contribution < -0.4 is 5.32 Å². The highest BCUT2D eigenvalue weighted by molar-refractivity contribution is 5.76. The maximum atomic E-state index is 12.3. The van der Waals surface area contributed by atoms with E-state index < -0.39 is 12.1 Å². The molecule has 0 radical (unpaired) electrons. The lowest BCUT2D eigenvalue weighted by atomic mass is 10.1. The Labute approximate surface area is 267 Å². The van der Waals surface area contributed by atoms with Crippen molar-refractivity contribution in [3.05, 3.63) is 48.6 Å². The summed E-state index contributed by atoms with van der Waals surface area (Å²) in [6, 6.07) is -0.627. The molecule has 0 saturated carbocycles. The van der Waals surface area contributed by atoms with Crippen molar-refractivity contribution in [1.29, 1.82) is 0 Å². The quantitative estimate of drug-likeness (QED) is 0.0530. The molecule has 0 aliphatic heterocycles. The molecular formula is C39H71NO3. The van der Waals surface area contributed by atoms with Gasteiger partial charge in [-0.15, -0.1) is 0 Å². The van der Waals surface area contributed by atoms with Gasteiger partial charge in [-0.05, 0) is 57.8 Å². The van der Waals surface area contributed by atoms with Crippen LogP contribution in [0.25, 0.3) is 0 Å². The number of carbonyl (C=O) groups excluding carboxylic acids is 1. The van der Waals surface area contributed by atoms with Crippen LogP contribution in [-0.4, -0.2) is 34.9 Å². The predicted octanol–water partition coefficient (Wildman–Crippen LogP) is 10.8. The first-order valence-electron chi connectivity index (χ1n) is 18.4. The molecule has 0 fully saturated rings. The summed E-state index contributed by atoms with van der Waals surface area (Å²) < 4.78 is 0. The van der Waals surface area contributed by atoms with Gasteiger partial charge in [0.05, 0.1) is 18.8 Å². The third-order valence-corrected chi connectivity index (χ3v) is 8.06. The normalized spacial score (nSPS) is 13.7. The number of allylic oxidation sites excluding steroid dienone is 7. The first-order chi connectivity index (χ1) is 21.2. The standard InChI is InChI=1S/C39H71NO3/c1-3-5-7-9-11-13-15-16-17-18-19-20-21-22-23-24-25-27-29-31-33-35-39(43)40-37(36-41)38(42)34-32-30-28-26-14-12-10-8-6-4-2/h15-16,18-19,21-22,32,34,37-38,41-42H,3-14,17,20,23-31,33,35-36H2,1-2H3,(H,40,43)/b16-15-,19-18-,22-21-,34-32+. The third kappa shape index (κ3) is 31.6. The highest BCUT2D eigenvalue weighted by atomic mass is 16.3. The molecule has 3 N–H and O–H groups in total. The van der Waals surface area contributed by atoms with E-state index in [2.05, 4.69) is 55.6 Å². The lowest BCUT2D eigenvalue weighted by Crippen LogP contribution is -2.45. The summed E-state index contributed by atoms with van der Waals surface area (Å²) in [6.45, 7) is 4.25. The molecule has 0 rings (SSSR count). The fraction of sp³-hybridized carbons (Fsp3) is 0.769. The molecule has 2 unspecified atom stereocenters. The number of rotatable bonds is 32. The lowest BCUT2D eigenvalue weighted by Gasteiger charge is -2.20. The summed E-state index contributed by atoms with van der Waals surface area (Å²) >= 11 is 0. The van der Waals surface area contributed by atoms with Gasteiger partial charge >= 0.3 is 0 Å². The molecular weight excluding hydrogens is 530 g/mol. The van der Waals surface area contributed by atoms with Crippen LogP contribution in [0.2, 0.25) is 0 Å². The zero-order valence-corrected chi connectivity index (χ0v) is 28.5. The number of amides is 1. The van der Waals surface area contributed by atoms with Crippen LogP contribution in [0.1, 0.15) is 174 Å². The molecule has 0 saturated heterocycles. The van der Waals surface area contributed by atoms with Gasteiger partial charge in [0.25, 0.3) is 0 Å². The van der Waals surface area contributed by atoms with E-state index in [1.54, 1.807) is 6.08 Å². The molecule has 0 aromatic rings. The fourth-order valence-corrected chi connectivity index (χ4v) is 5.18. The number of nitrogens with one attached hydrogen (secondary N) is 1. The first kappa shape index (κ1) is 41.4. The number of carbonyl (C=O) groups is 1. The summed E-state index contributed by atoms with van der Waals surface area (Å²) in [5.74, 6) is -0.0809. The van der Waals surface area contributed by atoms with Crippen molar-refractivity contribution < 1.29 is 15.0 Å². The Balaban J connectivity index is 3.66. The van der Waals surface area contributed by atoms with Gasteiger partial charge in [-0.25, -0.2) is 0 Å². The van der Waals surface area contributed by atoms with Crippen LogP contribution >= 0.6 is 0 Å². The van der Waals surface area contributed by atoms with E-state index in [0.717, 1.165) is 51.4 Å². The third-order valence-electron chi connectivity index (χ3n) is 8.06. The van der Waals surface area contributed by atoms with Crippen LogP contribution in [0.3, 0.4) is 0 Å².